The van der Waals surface area contributed by atoms with E-state index in [0.29, 0.717) is 12.3 Å². The predicted molar refractivity (Wildman–Crippen MR) is 71.2 cm³/mol. The second-order valence-electron chi connectivity index (χ2n) is 4.59. The molecule has 0 saturated carbocycles. The first-order valence-corrected chi connectivity index (χ1v) is 6.61. The number of allylic oxidation sites excluding steroid dienone is 1. The van der Waals surface area contributed by atoms with E-state index in [1.165, 1.54) is 6.07 Å². The molecule has 1 unspecified atom stereocenters. The zero-order valence-corrected chi connectivity index (χ0v) is 10.8. The number of benzene rings is 1. The molecule has 0 amide bonds. The highest BCUT2D eigenvalue weighted by molar-refractivity contribution is 5.30. The standard InChI is InChI=1S/C15H20FNO/c1-2-17-11-12-8-13(16)10-15(9-12)18-14-6-4-3-5-7-14/h4,6,8-10,14,17H,2-3,5,7,11H2,1H3. The van der Waals surface area contributed by atoms with Crippen LogP contribution in [-0.4, -0.2) is 12.6 Å². The van der Waals surface area contributed by atoms with Gasteiger partial charge in [-0.25, -0.2) is 4.39 Å². The highest BCUT2D eigenvalue weighted by Crippen LogP contribution is 2.21. The molecule has 2 nitrogen and oxygen atoms in total. The van der Waals surface area contributed by atoms with E-state index in [-0.39, 0.29) is 11.9 Å². The molecule has 0 aliphatic heterocycles. The number of ether oxygens (including phenoxy) is 1. The molecule has 1 aliphatic rings. The minimum absolute atomic E-state index is 0.0903. The summed E-state index contributed by atoms with van der Waals surface area (Å²) in [6, 6.07) is 4.91. The van der Waals surface area contributed by atoms with E-state index in [4.69, 9.17) is 4.74 Å². The Morgan fingerprint density at radius 1 is 1.39 bits per heavy atom. The summed E-state index contributed by atoms with van der Waals surface area (Å²) >= 11 is 0. The molecule has 1 atom stereocenters. The fourth-order valence-electron chi connectivity index (χ4n) is 2.11. The Morgan fingerprint density at radius 3 is 3.00 bits per heavy atom. The molecule has 0 spiro atoms. The van der Waals surface area contributed by atoms with Crippen LogP contribution in [0, 0.1) is 5.82 Å². The van der Waals surface area contributed by atoms with Gasteiger partial charge in [-0.15, -0.1) is 0 Å². The van der Waals surface area contributed by atoms with Gasteiger partial charge in [0.15, 0.2) is 0 Å². The van der Waals surface area contributed by atoms with Crippen LogP contribution >= 0.6 is 0 Å². The predicted octanol–water partition coefficient (Wildman–Crippen LogP) is 3.42. The number of rotatable bonds is 5. The maximum atomic E-state index is 13.5. The third-order valence-electron chi connectivity index (χ3n) is 3.01. The topological polar surface area (TPSA) is 21.3 Å². The molecule has 0 bridgehead atoms. The summed E-state index contributed by atoms with van der Waals surface area (Å²) in [6.45, 7) is 3.58. The summed E-state index contributed by atoms with van der Waals surface area (Å²) in [4.78, 5) is 0. The van der Waals surface area contributed by atoms with Gasteiger partial charge < -0.3 is 10.1 Å². The van der Waals surface area contributed by atoms with Gasteiger partial charge in [-0.2, -0.15) is 0 Å². The fourth-order valence-corrected chi connectivity index (χ4v) is 2.11. The van der Waals surface area contributed by atoms with Gasteiger partial charge in [0.2, 0.25) is 0 Å². The van der Waals surface area contributed by atoms with Crippen molar-refractivity contribution in [3.8, 4) is 5.75 Å². The van der Waals surface area contributed by atoms with Crippen LogP contribution in [0.2, 0.25) is 0 Å². The van der Waals surface area contributed by atoms with E-state index in [1.54, 1.807) is 6.07 Å². The van der Waals surface area contributed by atoms with Crippen LogP contribution in [0.25, 0.3) is 0 Å². The molecule has 2 rings (SSSR count). The smallest absolute Gasteiger partial charge is 0.127 e. The molecule has 1 aromatic rings. The minimum atomic E-state index is -0.236. The zero-order chi connectivity index (χ0) is 12.8. The molecule has 1 aromatic carbocycles. The molecular weight excluding hydrogens is 229 g/mol. The molecule has 3 heteroatoms. The van der Waals surface area contributed by atoms with Gasteiger partial charge in [0, 0.05) is 12.6 Å². The van der Waals surface area contributed by atoms with Gasteiger partial charge >= 0.3 is 0 Å². The third kappa shape index (κ3) is 3.84. The minimum Gasteiger partial charge on any atom is -0.486 e. The van der Waals surface area contributed by atoms with Gasteiger partial charge in [0.25, 0.3) is 0 Å². The molecule has 0 aromatic heterocycles. The van der Waals surface area contributed by atoms with Crippen LogP contribution in [0.3, 0.4) is 0 Å². The summed E-state index contributed by atoms with van der Waals surface area (Å²) in [5, 5.41) is 3.19. The van der Waals surface area contributed by atoms with Crippen LogP contribution in [-0.2, 0) is 6.54 Å². The highest BCUT2D eigenvalue weighted by Gasteiger charge is 2.11. The van der Waals surface area contributed by atoms with Gasteiger partial charge in [-0.05, 0) is 49.6 Å². The number of nitrogens with one attached hydrogen (secondary N) is 1. The quantitative estimate of drug-likeness (QED) is 0.807. The Labute approximate surface area is 108 Å². The largest absolute Gasteiger partial charge is 0.486 e. The van der Waals surface area contributed by atoms with E-state index in [0.717, 1.165) is 31.4 Å². The van der Waals surface area contributed by atoms with Crippen LogP contribution in [0.5, 0.6) is 5.75 Å². The Kier molecular flexibility index (Phi) is 4.76. The van der Waals surface area contributed by atoms with Crippen molar-refractivity contribution >= 4 is 0 Å². The van der Waals surface area contributed by atoms with Crippen molar-refractivity contribution in [2.24, 2.45) is 0 Å². The zero-order valence-electron chi connectivity index (χ0n) is 10.8. The lowest BCUT2D eigenvalue weighted by atomic mass is 10.1. The lowest BCUT2D eigenvalue weighted by molar-refractivity contribution is 0.229. The van der Waals surface area contributed by atoms with Crippen LogP contribution in [0.4, 0.5) is 4.39 Å². The number of hydrogen-bond acceptors (Lipinski definition) is 2. The van der Waals surface area contributed by atoms with Crippen molar-refractivity contribution < 1.29 is 9.13 Å². The maximum Gasteiger partial charge on any atom is 0.127 e. The molecule has 0 saturated heterocycles. The van der Waals surface area contributed by atoms with E-state index >= 15 is 0 Å². The third-order valence-corrected chi connectivity index (χ3v) is 3.01. The van der Waals surface area contributed by atoms with E-state index in [2.05, 4.69) is 17.5 Å². The van der Waals surface area contributed by atoms with E-state index in [1.807, 2.05) is 13.0 Å². The SMILES string of the molecule is CCNCc1cc(F)cc(OC2C=CCCC2)c1. The molecule has 0 radical (unpaired) electrons. The van der Waals surface area contributed by atoms with Gasteiger partial charge in [-0.3, -0.25) is 0 Å². The summed E-state index contributed by atoms with van der Waals surface area (Å²) in [5.41, 5.74) is 0.923. The summed E-state index contributed by atoms with van der Waals surface area (Å²) in [6.07, 6.45) is 7.56. The lowest BCUT2D eigenvalue weighted by Crippen LogP contribution is -2.16. The van der Waals surface area contributed by atoms with E-state index in [9.17, 15) is 4.39 Å². The number of hydrogen-bond donors (Lipinski definition) is 1. The van der Waals surface area contributed by atoms with Gasteiger partial charge in [0.05, 0.1) is 0 Å². The molecule has 0 heterocycles. The first kappa shape index (κ1) is 13.1. The summed E-state index contributed by atoms with van der Waals surface area (Å²) < 4.78 is 19.3. The van der Waals surface area contributed by atoms with Crippen molar-refractivity contribution in [3.63, 3.8) is 0 Å². The van der Waals surface area contributed by atoms with Crippen molar-refractivity contribution in [1.82, 2.24) is 5.32 Å². The first-order valence-electron chi connectivity index (χ1n) is 6.61. The monoisotopic (exact) mass is 249 g/mol. The van der Waals surface area contributed by atoms with Gasteiger partial charge in [0.1, 0.15) is 17.7 Å². The van der Waals surface area contributed by atoms with Crippen LogP contribution in [0.15, 0.2) is 30.4 Å². The Bertz CT molecular complexity index is 417. The average Bonchev–Trinajstić information content (AvgIpc) is 2.37. The molecule has 1 aliphatic carbocycles. The van der Waals surface area contributed by atoms with E-state index < -0.39 is 0 Å². The molecule has 1 N–H and O–H groups in total. The second kappa shape index (κ2) is 6.55. The Balaban J connectivity index is 2.04. The van der Waals surface area contributed by atoms with Crippen LogP contribution < -0.4 is 10.1 Å². The van der Waals surface area contributed by atoms with Crippen molar-refractivity contribution in [1.29, 1.82) is 0 Å². The van der Waals surface area contributed by atoms with Crippen LogP contribution in [0.1, 0.15) is 31.7 Å². The lowest BCUT2D eigenvalue weighted by Gasteiger charge is -2.19. The summed E-state index contributed by atoms with van der Waals surface area (Å²) in [7, 11) is 0. The second-order valence-corrected chi connectivity index (χ2v) is 4.59. The maximum absolute atomic E-state index is 13.5. The van der Waals surface area contributed by atoms with Crippen molar-refractivity contribution in [2.75, 3.05) is 6.54 Å². The Hall–Kier alpha value is -1.35. The first-order chi connectivity index (χ1) is 8.78. The highest BCUT2D eigenvalue weighted by atomic mass is 19.1. The molecule has 18 heavy (non-hydrogen) atoms. The molecule has 0 fully saturated rings. The van der Waals surface area contributed by atoms with Crippen molar-refractivity contribution in [3.05, 3.63) is 41.7 Å². The summed E-state index contributed by atoms with van der Waals surface area (Å²) in [5.74, 6) is 0.389. The number of halogens is 1. The van der Waals surface area contributed by atoms with Gasteiger partial charge in [-0.1, -0.05) is 13.0 Å². The Morgan fingerprint density at radius 2 is 2.28 bits per heavy atom. The molecule has 98 valence electrons. The average molecular weight is 249 g/mol. The fraction of sp³-hybridized carbons (Fsp3) is 0.467. The normalized spacial score (nSPS) is 18.9. The van der Waals surface area contributed by atoms with Crippen molar-refractivity contribution in [2.45, 2.75) is 38.8 Å². The molecular formula is C15H20FNO.